The Bertz CT molecular complexity index is 630. The van der Waals surface area contributed by atoms with Crippen molar-refractivity contribution in [2.75, 3.05) is 6.61 Å². The van der Waals surface area contributed by atoms with Gasteiger partial charge in [0.05, 0.1) is 11.1 Å². The molecule has 0 aliphatic heterocycles. The number of pyridine rings is 1. The monoisotopic (exact) mass is 226 g/mol. The minimum Gasteiger partial charge on any atom is -0.396 e. The largest absolute Gasteiger partial charge is 0.396 e. The third-order valence-corrected chi connectivity index (χ3v) is 2.52. The van der Waals surface area contributed by atoms with E-state index < -0.39 is 0 Å². The summed E-state index contributed by atoms with van der Waals surface area (Å²) in [5.41, 5.74) is 1.62. The zero-order valence-electron chi connectivity index (χ0n) is 9.09. The van der Waals surface area contributed by atoms with Gasteiger partial charge in [0.1, 0.15) is 17.8 Å². The molecule has 0 fully saturated rings. The van der Waals surface area contributed by atoms with Crippen LogP contribution in [-0.2, 0) is 6.54 Å². The average molecular weight is 226 g/mol. The maximum atomic E-state index is 9.01. The van der Waals surface area contributed by atoms with Crippen molar-refractivity contribution in [2.24, 2.45) is 0 Å². The topological polar surface area (TPSA) is 85.6 Å². The van der Waals surface area contributed by atoms with Gasteiger partial charge in [-0.2, -0.15) is 10.5 Å². The summed E-state index contributed by atoms with van der Waals surface area (Å²) in [4.78, 5) is 4.18. The first kappa shape index (κ1) is 11.1. The van der Waals surface area contributed by atoms with Crippen LogP contribution in [0.4, 0.5) is 0 Å². The highest BCUT2D eigenvalue weighted by atomic mass is 16.3. The lowest BCUT2D eigenvalue weighted by molar-refractivity contribution is 0.280. The van der Waals surface area contributed by atoms with Crippen molar-refractivity contribution in [3.05, 3.63) is 29.6 Å². The van der Waals surface area contributed by atoms with Crippen LogP contribution >= 0.6 is 0 Å². The molecule has 0 bridgehead atoms. The maximum Gasteiger partial charge on any atom is 0.141 e. The average Bonchev–Trinajstić information content (AvgIpc) is 2.73. The van der Waals surface area contributed by atoms with Crippen LogP contribution < -0.4 is 0 Å². The van der Waals surface area contributed by atoms with Gasteiger partial charge in [-0.1, -0.05) is 0 Å². The molecule has 0 amide bonds. The highest BCUT2D eigenvalue weighted by molar-refractivity contribution is 5.84. The van der Waals surface area contributed by atoms with E-state index in [2.05, 4.69) is 11.1 Å². The lowest BCUT2D eigenvalue weighted by Gasteiger charge is -2.01. The molecule has 84 valence electrons. The van der Waals surface area contributed by atoms with Crippen LogP contribution in [-0.4, -0.2) is 21.3 Å². The zero-order valence-corrected chi connectivity index (χ0v) is 9.09. The molecule has 5 heteroatoms. The van der Waals surface area contributed by atoms with E-state index in [1.165, 1.54) is 6.20 Å². The van der Waals surface area contributed by atoms with Gasteiger partial charge in [-0.3, -0.25) is 0 Å². The molecule has 0 aliphatic rings. The number of aromatic nitrogens is 2. The molecule has 0 aromatic carbocycles. The Labute approximate surface area is 98.2 Å². The Morgan fingerprint density at radius 2 is 2.18 bits per heavy atom. The van der Waals surface area contributed by atoms with Gasteiger partial charge in [0.15, 0.2) is 0 Å². The first-order chi connectivity index (χ1) is 8.30. The van der Waals surface area contributed by atoms with Crippen LogP contribution in [0.5, 0.6) is 0 Å². The molecule has 17 heavy (non-hydrogen) atoms. The van der Waals surface area contributed by atoms with Gasteiger partial charge < -0.3 is 9.67 Å². The predicted octanol–water partition coefficient (Wildman–Crippen LogP) is 1.16. The van der Waals surface area contributed by atoms with Crippen LogP contribution in [0.1, 0.15) is 17.5 Å². The number of nitriles is 2. The second-order valence-electron chi connectivity index (χ2n) is 3.63. The molecule has 0 aliphatic carbocycles. The van der Waals surface area contributed by atoms with Crippen molar-refractivity contribution in [1.82, 2.24) is 9.55 Å². The van der Waals surface area contributed by atoms with Crippen molar-refractivity contribution >= 4 is 11.0 Å². The van der Waals surface area contributed by atoms with E-state index in [0.717, 1.165) is 0 Å². The Balaban J connectivity index is 2.58. The highest BCUT2D eigenvalue weighted by Crippen LogP contribution is 2.20. The van der Waals surface area contributed by atoms with Crippen molar-refractivity contribution in [3.8, 4) is 12.1 Å². The van der Waals surface area contributed by atoms with Crippen LogP contribution in [0.3, 0.4) is 0 Å². The number of rotatable bonds is 3. The van der Waals surface area contributed by atoms with Crippen LogP contribution in [0.2, 0.25) is 0 Å². The van der Waals surface area contributed by atoms with E-state index in [1.807, 2.05) is 10.6 Å². The second kappa shape index (κ2) is 4.65. The summed E-state index contributed by atoms with van der Waals surface area (Å²) >= 11 is 0. The maximum absolute atomic E-state index is 9.01. The fourth-order valence-corrected chi connectivity index (χ4v) is 1.73. The smallest absolute Gasteiger partial charge is 0.141 e. The summed E-state index contributed by atoms with van der Waals surface area (Å²) in [6.07, 6.45) is 3.80. The van der Waals surface area contributed by atoms with E-state index in [-0.39, 0.29) is 6.61 Å². The molecule has 0 saturated carbocycles. The predicted molar refractivity (Wildman–Crippen MR) is 60.9 cm³/mol. The van der Waals surface area contributed by atoms with Gasteiger partial charge in [-0.05, 0) is 12.5 Å². The molecular formula is C12H10N4O. The van der Waals surface area contributed by atoms with Gasteiger partial charge in [0, 0.05) is 30.9 Å². The minimum atomic E-state index is 0.0951. The Morgan fingerprint density at radius 3 is 2.82 bits per heavy atom. The van der Waals surface area contributed by atoms with Gasteiger partial charge in [0.2, 0.25) is 0 Å². The van der Waals surface area contributed by atoms with E-state index in [4.69, 9.17) is 15.6 Å². The summed E-state index contributed by atoms with van der Waals surface area (Å²) in [5.74, 6) is 0. The quantitative estimate of drug-likeness (QED) is 0.850. The van der Waals surface area contributed by atoms with Crippen LogP contribution in [0.15, 0.2) is 18.5 Å². The zero-order chi connectivity index (χ0) is 12.3. The number of aliphatic hydroxyl groups is 1. The molecule has 0 radical (unpaired) electrons. The first-order valence-electron chi connectivity index (χ1n) is 5.20. The van der Waals surface area contributed by atoms with Gasteiger partial charge >= 0.3 is 0 Å². The third kappa shape index (κ3) is 1.96. The number of hydrogen-bond donors (Lipinski definition) is 1. The van der Waals surface area contributed by atoms with E-state index in [0.29, 0.717) is 35.1 Å². The van der Waals surface area contributed by atoms with Gasteiger partial charge in [-0.25, -0.2) is 4.98 Å². The molecule has 2 heterocycles. The summed E-state index contributed by atoms with van der Waals surface area (Å²) in [7, 11) is 0. The van der Waals surface area contributed by atoms with Crippen molar-refractivity contribution in [2.45, 2.75) is 13.0 Å². The molecular weight excluding hydrogens is 216 g/mol. The van der Waals surface area contributed by atoms with Crippen LogP contribution in [0.25, 0.3) is 11.0 Å². The molecule has 5 nitrogen and oxygen atoms in total. The Morgan fingerprint density at radius 1 is 1.35 bits per heavy atom. The number of aliphatic hydroxyl groups excluding tert-OH is 1. The number of fused-ring (bicyclic) bond motifs is 1. The Kier molecular flexibility index (Phi) is 3.04. The van der Waals surface area contributed by atoms with Crippen LogP contribution in [0, 0.1) is 22.7 Å². The number of aryl methyl sites for hydroxylation is 1. The molecule has 0 saturated heterocycles. The Hall–Kier alpha value is -2.37. The molecule has 2 aromatic heterocycles. The molecule has 2 aromatic rings. The summed E-state index contributed by atoms with van der Waals surface area (Å²) in [5, 5.41) is 27.3. The van der Waals surface area contributed by atoms with Gasteiger partial charge in [0.25, 0.3) is 0 Å². The van der Waals surface area contributed by atoms with Crippen molar-refractivity contribution in [1.29, 1.82) is 10.5 Å². The SMILES string of the molecule is N#Cc1cnc2c(c1)c(C#N)cn2CCCO. The number of hydrogen-bond acceptors (Lipinski definition) is 4. The lowest BCUT2D eigenvalue weighted by Crippen LogP contribution is -1.99. The fraction of sp³-hybridized carbons (Fsp3) is 0.250. The standard InChI is InChI=1S/C12H10N4O/c13-5-9-4-11-10(6-14)8-16(2-1-3-17)12(11)15-7-9/h4,7-8,17H,1-3H2. The number of nitrogens with zero attached hydrogens (tertiary/aromatic N) is 4. The van der Waals surface area contributed by atoms with E-state index in [9.17, 15) is 0 Å². The molecule has 1 N–H and O–H groups in total. The third-order valence-electron chi connectivity index (χ3n) is 2.52. The van der Waals surface area contributed by atoms with Crippen molar-refractivity contribution < 1.29 is 5.11 Å². The normalized spacial score (nSPS) is 10.1. The van der Waals surface area contributed by atoms with E-state index >= 15 is 0 Å². The summed E-state index contributed by atoms with van der Waals surface area (Å²) in [6, 6.07) is 5.75. The second-order valence-corrected chi connectivity index (χ2v) is 3.63. The lowest BCUT2D eigenvalue weighted by atomic mass is 10.2. The molecule has 0 atom stereocenters. The summed E-state index contributed by atoms with van der Waals surface area (Å²) in [6.45, 7) is 0.700. The fourth-order valence-electron chi connectivity index (χ4n) is 1.73. The van der Waals surface area contributed by atoms with Gasteiger partial charge in [-0.15, -0.1) is 0 Å². The van der Waals surface area contributed by atoms with Crippen molar-refractivity contribution in [3.63, 3.8) is 0 Å². The molecule has 0 unspecified atom stereocenters. The van der Waals surface area contributed by atoms with E-state index in [1.54, 1.807) is 12.3 Å². The molecule has 2 rings (SSSR count). The first-order valence-corrected chi connectivity index (χ1v) is 5.20. The highest BCUT2D eigenvalue weighted by Gasteiger charge is 2.09. The minimum absolute atomic E-state index is 0.0951. The summed E-state index contributed by atoms with van der Waals surface area (Å²) < 4.78 is 1.82. The molecule has 0 spiro atoms.